The van der Waals surface area contributed by atoms with E-state index in [1.165, 1.54) is 17.4 Å². The van der Waals surface area contributed by atoms with Gasteiger partial charge in [-0.25, -0.2) is 0 Å². The Morgan fingerprint density at radius 1 is 1.33 bits per heavy atom. The van der Waals surface area contributed by atoms with Gasteiger partial charge in [0.1, 0.15) is 11.3 Å². The van der Waals surface area contributed by atoms with E-state index in [2.05, 4.69) is 31.2 Å². The molecule has 1 fully saturated rings. The maximum Gasteiger partial charge on any atom is 0.137 e. The van der Waals surface area contributed by atoms with Crippen molar-refractivity contribution in [2.24, 2.45) is 5.73 Å². The van der Waals surface area contributed by atoms with Gasteiger partial charge < -0.3 is 10.2 Å². The second kappa shape index (κ2) is 3.11. The molecule has 0 radical (unpaired) electrons. The van der Waals surface area contributed by atoms with Crippen LogP contribution in [0.5, 0.6) is 0 Å². The van der Waals surface area contributed by atoms with Crippen LogP contribution < -0.4 is 5.73 Å². The molecule has 0 amide bonds. The Morgan fingerprint density at radius 2 is 2.20 bits per heavy atom. The van der Waals surface area contributed by atoms with Crippen molar-refractivity contribution in [3.63, 3.8) is 0 Å². The largest absolute Gasteiger partial charge is 0.460 e. The number of rotatable bonds is 1. The number of fused-ring (bicyclic) bond motifs is 1. The van der Waals surface area contributed by atoms with Crippen molar-refractivity contribution in [1.29, 1.82) is 0 Å². The van der Waals surface area contributed by atoms with Gasteiger partial charge in [0.05, 0.1) is 0 Å². The van der Waals surface area contributed by atoms with Gasteiger partial charge in [0.2, 0.25) is 0 Å². The molecule has 2 heteroatoms. The third-order valence-electron chi connectivity index (χ3n) is 3.45. The van der Waals surface area contributed by atoms with E-state index in [0.717, 1.165) is 17.8 Å². The number of nitrogens with two attached hydrogens (primary N) is 1. The first-order valence-electron chi connectivity index (χ1n) is 5.50. The van der Waals surface area contributed by atoms with Crippen LogP contribution >= 0.6 is 0 Å². The van der Waals surface area contributed by atoms with Gasteiger partial charge in [-0.1, -0.05) is 18.2 Å². The lowest BCUT2D eigenvalue weighted by Crippen LogP contribution is -2.37. The van der Waals surface area contributed by atoms with Gasteiger partial charge in [0.15, 0.2) is 0 Å². The summed E-state index contributed by atoms with van der Waals surface area (Å²) in [6, 6.07) is 8.69. The number of hydrogen-bond acceptors (Lipinski definition) is 2. The highest BCUT2D eigenvalue weighted by atomic mass is 16.3. The number of furan rings is 1. The van der Waals surface area contributed by atoms with Crippen LogP contribution in [0.3, 0.4) is 0 Å². The SMILES string of the molecule is Cc1cccc2cc(C3CCC3N)oc12. The molecule has 0 aliphatic heterocycles. The summed E-state index contributed by atoms with van der Waals surface area (Å²) < 4.78 is 5.89. The molecule has 0 saturated heterocycles. The minimum absolute atomic E-state index is 0.297. The zero-order valence-electron chi connectivity index (χ0n) is 8.86. The predicted molar refractivity (Wildman–Crippen MR) is 60.9 cm³/mol. The zero-order valence-corrected chi connectivity index (χ0v) is 8.86. The van der Waals surface area contributed by atoms with Crippen molar-refractivity contribution in [2.45, 2.75) is 31.7 Å². The second-order valence-electron chi connectivity index (χ2n) is 4.49. The van der Waals surface area contributed by atoms with E-state index >= 15 is 0 Å². The second-order valence-corrected chi connectivity index (χ2v) is 4.49. The molecule has 15 heavy (non-hydrogen) atoms. The van der Waals surface area contributed by atoms with Gasteiger partial charge in [0, 0.05) is 17.3 Å². The highest BCUT2D eigenvalue weighted by Gasteiger charge is 2.31. The van der Waals surface area contributed by atoms with Crippen LogP contribution in [0.15, 0.2) is 28.7 Å². The van der Waals surface area contributed by atoms with Gasteiger partial charge in [-0.2, -0.15) is 0 Å². The topological polar surface area (TPSA) is 39.2 Å². The van der Waals surface area contributed by atoms with Crippen LogP contribution in [-0.4, -0.2) is 6.04 Å². The van der Waals surface area contributed by atoms with Crippen LogP contribution in [-0.2, 0) is 0 Å². The molecule has 2 N–H and O–H groups in total. The molecular weight excluding hydrogens is 186 g/mol. The Bertz CT molecular complexity index is 500. The van der Waals surface area contributed by atoms with Crippen LogP contribution in [0.2, 0.25) is 0 Å². The molecule has 0 spiro atoms. The summed E-state index contributed by atoms with van der Waals surface area (Å²) >= 11 is 0. The third kappa shape index (κ3) is 1.29. The lowest BCUT2D eigenvalue weighted by atomic mass is 9.78. The van der Waals surface area contributed by atoms with E-state index in [-0.39, 0.29) is 0 Å². The fourth-order valence-corrected chi connectivity index (χ4v) is 2.29. The van der Waals surface area contributed by atoms with Crippen molar-refractivity contribution < 1.29 is 4.42 Å². The van der Waals surface area contributed by atoms with Gasteiger partial charge in [-0.15, -0.1) is 0 Å². The predicted octanol–water partition coefficient (Wildman–Crippen LogP) is 2.95. The first kappa shape index (κ1) is 8.98. The van der Waals surface area contributed by atoms with Gasteiger partial charge in [-0.3, -0.25) is 0 Å². The number of benzene rings is 1. The summed E-state index contributed by atoms with van der Waals surface area (Å²) in [7, 11) is 0. The Kier molecular flexibility index (Phi) is 1.86. The van der Waals surface area contributed by atoms with Crippen LogP contribution in [0.4, 0.5) is 0 Å². The molecule has 1 aliphatic carbocycles. The Labute approximate surface area is 89.1 Å². The molecule has 78 valence electrons. The first-order chi connectivity index (χ1) is 7.25. The average Bonchev–Trinajstić information content (AvgIpc) is 2.60. The summed E-state index contributed by atoms with van der Waals surface area (Å²) in [5.41, 5.74) is 8.18. The first-order valence-corrected chi connectivity index (χ1v) is 5.50. The molecule has 1 aliphatic rings. The van der Waals surface area contributed by atoms with Crippen LogP contribution in [0.1, 0.15) is 30.1 Å². The summed E-state index contributed by atoms with van der Waals surface area (Å²) in [5, 5.41) is 1.20. The Hall–Kier alpha value is -1.28. The van der Waals surface area contributed by atoms with E-state index in [0.29, 0.717) is 12.0 Å². The normalized spacial score (nSPS) is 25.5. The van der Waals surface area contributed by atoms with E-state index in [1.54, 1.807) is 0 Å². The van der Waals surface area contributed by atoms with E-state index in [9.17, 15) is 0 Å². The lowest BCUT2D eigenvalue weighted by Gasteiger charge is -2.31. The van der Waals surface area contributed by atoms with Crippen molar-refractivity contribution in [1.82, 2.24) is 0 Å². The quantitative estimate of drug-likeness (QED) is 0.770. The molecule has 2 aromatic rings. The number of para-hydroxylation sites is 1. The van der Waals surface area contributed by atoms with Crippen LogP contribution in [0, 0.1) is 6.92 Å². The van der Waals surface area contributed by atoms with Crippen molar-refractivity contribution in [2.75, 3.05) is 0 Å². The molecule has 2 unspecified atom stereocenters. The van der Waals surface area contributed by atoms with Crippen LogP contribution in [0.25, 0.3) is 11.0 Å². The van der Waals surface area contributed by atoms with Crippen molar-refractivity contribution in [3.8, 4) is 0 Å². The molecule has 1 heterocycles. The highest BCUT2D eigenvalue weighted by molar-refractivity contribution is 5.81. The van der Waals surface area contributed by atoms with Gasteiger partial charge >= 0.3 is 0 Å². The molecule has 1 saturated carbocycles. The summed E-state index contributed by atoms with van der Waals surface area (Å²) in [4.78, 5) is 0. The summed E-state index contributed by atoms with van der Waals surface area (Å²) in [6.45, 7) is 2.08. The monoisotopic (exact) mass is 201 g/mol. The molecule has 2 nitrogen and oxygen atoms in total. The fraction of sp³-hybridized carbons (Fsp3) is 0.385. The summed E-state index contributed by atoms with van der Waals surface area (Å²) in [6.07, 6.45) is 2.29. The maximum absolute atomic E-state index is 5.95. The molecule has 3 rings (SSSR count). The minimum Gasteiger partial charge on any atom is -0.460 e. The standard InChI is InChI=1S/C13H15NO/c1-8-3-2-4-9-7-12(15-13(8)9)10-5-6-11(10)14/h2-4,7,10-11H,5-6,14H2,1H3. The van der Waals surface area contributed by atoms with Gasteiger partial charge in [0.25, 0.3) is 0 Å². The Balaban J connectivity index is 2.10. The zero-order chi connectivity index (χ0) is 10.4. The van der Waals surface area contributed by atoms with E-state index < -0.39 is 0 Å². The fourth-order valence-electron chi connectivity index (χ4n) is 2.29. The van der Waals surface area contributed by atoms with Crippen molar-refractivity contribution in [3.05, 3.63) is 35.6 Å². The molecular formula is C13H15NO. The lowest BCUT2D eigenvalue weighted by molar-refractivity contribution is 0.302. The number of aryl methyl sites for hydroxylation is 1. The molecule has 0 bridgehead atoms. The number of hydrogen-bond donors (Lipinski definition) is 1. The maximum atomic E-state index is 5.95. The van der Waals surface area contributed by atoms with E-state index in [1.807, 2.05) is 0 Å². The average molecular weight is 201 g/mol. The van der Waals surface area contributed by atoms with Gasteiger partial charge in [-0.05, 0) is 31.4 Å². The highest BCUT2D eigenvalue weighted by Crippen LogP contribution is 2.38. The Morgan fingerprint density at radius 3 is 2.80 bits per heavy atom. The van der Waals surface area contributed by atoms with E-state index in [4.69, 9.17) is 10.2 Å². The third-order valence-corrected chi connectivity index (χ3v) is 3.45. The van der Waals surface area contributed by atoms with Crippen molar-refractivity contribution >= 4 is 11.0 Å². The molecule has 1 aromatic carbocycles. The summed E-state index contributed by atoms with van der Waals surface area (Å²) in [5.74, 6) is 1.51. The minimum atomic E-state index is 0.297. The smallest absolute Gasteiger partial charge is 0.137 e. The molecule has 1 aromatic heterocycles. The molecule has 2 atom stereocenters.